The largest absolute Gasteiger partial charge is 0.379 e. The summed E-state index contributed by atoms with van der Waals surface area (Å²) in [6.45, 7) is 1.98. The zero-order valence-corrected chi connectivity index (χ0v) is 8.52. The molecule has 3 heteroatoms. The van der Waals surface area contributed by atoms with Crippen molar-refractivity contribution in [2.45, 2.75) is 6.61 Å². The fourth-order valence-electron chi connectivity index (χ4n) is 1.50. The topological polar surface area (TPSA) is 35.5 Å². The molecule has 1 aliphatic heterocycles. The van der Waals surface area contributed by atoms with E-state index in [2.05, 4.69) is 0 Å². The molecule has 3 nitrogen and oxygen atoms in total. The molecule has 0 spiro atoms. The molecular formula is C12H14O3. The van der Waals surface area contributed by atoms with Gasteiger partial charge in [0.15, 0.2) is 0 Å². The molecule has 1 aromatic carbocycles. The minimum absolute atomic E-state index is 0.380. The number of ether oxygens (including phenoxy) is 2. The smallest absolute Gasteiger partial charge is 0.133 e. The van der Waals surface area contributed by atoms with Gasteiger partial charge in [0.2, 0.25) is 0 Å². The van der Waals surface area contributed by atoms with Crippen LogP contribution in [0.2, 0.25) is 0 Å². The van der Waals surface area contributed by atoms with E-state index < -0.39 is 0 Å². The van der Waals surface area contributed by atoms with E-state index in [4.69, 9.17) is 9.47 Å². The average Bonchev–Trinajstić information content (AvgIpc) is 2.24. The first-order valence-electron chi connectivity index (χ1n) is 5.00. The van der Waals surface area contributed by atoms with Crippen LogP contribution in [0.3, 0.4) is 0 Å². The third-order valence-corrected chi connectivity index (χ3v) is 2.53. The number of hydrogen-bond acceptors (Lipinski definition) is 3. The maximum Gasteiger partial charge on any atom is 0.133 e. The number of hydrogen-bond donors (Lipinski definition) is 0. The highest BCUT2D eigenvalue weighted by atomic mass is 16.5. The summed E-state index contributed by atoms with van der Waals surface area (Å²) < 4.78 is 10.5. The molecule has 2 rings (SSSR count). The molecule has 0 unspecified atom stereocenters. The molecule has 1 heterocycles. The fraction of sp³-hybridized carbons (Fsp3) is 0.417. The van der Waals surface area contributed by atoms with E-state index in [1.54, 1.807) is 0 Å². The molecule has 0 aromatic heterocycles. The molecule has 1 aromatic rings. The molecule has 1 aliphatic rings. The Balaban J connectivity index is 1.77. The fourth-order valence-corrected chi connectivity index (χ4v) is 1.50. The standard InChI is InChI=1S/C12H14O3/c13-7-12(9-15-10-12)8-14-6-11-4-2-1-3-5-11/h1-5,7H,6,8-10H2. The second-order valence-electron chi connectivity index (χ2n) is 3.95. The lowest BCUT2D eigenvalue weighted by Gasteiger charge is -2.35. The van der Waals surface area contributed by atoms with Gasteiger partial charge in [0.25, 0.3) is 0 Å². The third kappa shape index (κ3) is 2.43. The quantitative estimate of drug-likeness (QED) is 0.683. The van der Waals surface area contributed by atoms with Gasteiger partial charge in [-0.15, -0.1) is 0 Å². The van der Waals surface area contributed by atoms with E-state index in [0.29, 0.717) is 26.4 Å². The Bertz CT molecular complexity index is 317. The first kappa shape index (κ1) is 10.3. The predicted molar refractivity (Wildman–Crippen MR) is 55.4 cm³/mol. The number of rotatable bonds is 5. The second kappa shape index (κ2) is 4.55. The summed E-state index contributed by atoms with van der Waals surface area (Å²) in [4.78, 5) is 10.8. The number of aldehydes is 1. The Labute approximate surface area is 89.0 Å². The van der Waals surface area contributed by atoms with E-state index in [-0.39, 0.29) is 5.41 Å². The first-order valence-corrected chi connectivity index (χ1v) is 5.00. The van der Waals surface area contributed by atoms with Crippen LogP contribution in [0.15, 0.2) is 30.3 Å². The Morgan fingerprint density at radius 2 is 2.07 bits per heavy atom. The first-order chi connectivity index (χ1) is 7.35. The van der Waals surface area contributed by atoms with Gasteiger partial charge in [-0.05, 0) is 5.56 Å². The van der Waals surface area contributed by atoms with Crippen molar-refractivity contribution in [3.05, 3.63) is 35.9 Å². The Kier molecular flexibility index (Phi) is 3.14. The summed E-state index contributed by atoms with van der Waals surface area (Å²) in [6, 6.07) is 9.92. The van der Waals surface area contributed by atoms with Crippen LogP contribution in [0.25, 0.3) is 0 Å². The van der Waals surface area contributed by atoms with Gasteiger partial charge < -0.3 is 14.3 Å². The highest BCUT2D eigenvalue weighted by Crippen LogP contribution is 2.25. The molecule has 15 heavy (non-hydrogen) atoms. The summed E-state index contributed by atoms with van der Waals surface area (Å²) in [5.74, 6) is 0. The van der Waals surface area contributed by atoms with E-state index in [1.807, 2.05) is 30.3 Å². The molecule has 0 bridgehead atoms. The molecule has 0 amide bonds. The van der Waals surface area contributed by atoms with Crippen LogP contribution in [0.5, 0.6) is 0 Å². The zero-order valence-electron chi connectivity index (χ0n) is 8.52. The van der Waals surface area contributed by atoms with Gasteiger partial charge in [-0.2, -0.15) is 0 Å². The van der Waals surface area contributed by atoms with E-state index in [1.165, 1.54) is 0 Å². The van der Waals surface area contributed by atoms with Crippen molar-refractivity contribution in [1.29, 1.82) is 0 Å². The molecule has 0 radical (unpaired) electrons. The Morgan fingerprint density at radius 3 is 2.60 bits per heavy atom. The van der Waals surface area contributed by atoms with Crippen LogP contribution in [0.4, 0.5) is 0 Å². The van der Waals surface area contributed by atoms with Gasteiger partial charge in [-0.3, -0.25) is 0 Å². The summed E-state index contributed by atoms with van der Waals surface area (Å²) in [7, 11) is 0. The lowest BCUT2D eigenvalue weighted by molar-refractivity contribution is -0.161. The lowest BCUT2D eigenvalue weighted by Crippen LogP contribution is -2.47. The van der Waals surface area contributed by atoms with Gasteiger partial charge in [0.05, 0.1) is 31.8 Å². The van der Waals surface area contributed by atoms with E-state index >= 15 is 0 Å². The van der Waals surface area contributed by atoms with Crippen LogP contribution < -0.4 is 0 Å². The molecule has 0 aliphatic carbocycles. The molecule has 1 fully saturated rings. The summed E-state index contributed by atoms with van der Waals surface area (Å²) in [5.41, 5.74) is 0.744. The van der Waals surface area contributed by atoms with Gasteiger partial charge in [0, 0.05) is 0 Å². The molecule has 80 valence electrons. The van der Waals surface area contributed by atoms with Crippen LogP contribution in [-0.4, -0.2) is 26.1 Å². The Morgan fingerprint density at radius 1 is 1.33 bits per heavy atom. The summed E-state index contributed by atoms with van der Waals surface area (Å²) in [5, 5.41) is 0. The van der Waals surface area contributed by atoms with Gasteiger partial charge >= 0.3 is 0 Å². The van der Waals surface area contributed by atoms with Gasteiger partial charge in [0.1, 0.15) is 6.29 Å². The van der Waals surface area contributed by atoms with E-state index in [0.717, 1.165) is 11.8 Å². The van der Waals surface area contributed by atoms with E-state index in [9.17, 15) is 4.79 Å². The highest BCUT2D eigenvalue weighted by Gasteiger charge is 2.38. The second-order valence-corrected chi connectivity index (χ2v) is 3.95. The van der Waals surface area contributed by atoms with Crippen LogP contribution in [0, 0.1) is 5.41 Å². The number of carbonyl (C=O) groups is 1. The molecule has 0 N–H and O–H groups in total. The molecular weight excluding hydrogens is 192 g/mol. The van der Waals surface area contributed by atoms with Crippen molar-refractivity contribution in [2.24, 2.45) is 5.41 Å². The van der Waals surface area contributed by atoms with Gasteiger partial charge in [-0.25, -0.2) is 0 Å². The summed E-state index contributed by atoms with van der Waals surface area (Å²) in [6.07, 6.45) is 0.946. The zero-order chi connectivity index (χ0) is 10.6. The minimum atomic E-state index is -0.380. The number of benzene rings is 1. The van der Waals surface area contributed by atoms with Crippen LogP contribution >= 0.6 is 0 Å². The lowest BCUT2D eigenvalue weighted by atomic mass is 9.89. The monoisotopic (exact) mass is 206 g/mol. The maximum absolute atomic E-state index is 10.8. The maximum atomic E-state index is 10.8. The molecule has 0 saturated carbocycles. The van der Waals surface area contributed by atoms with Crippen molar-refractivity contribution in [1.82, 2.24) is 0 Å². The van der Waals surface area contributed by atoms with Crippen molar-refractivity contribution < 1.29 is 14.3 Å². The van der Waals surface area contributed by atoms with Crippen LogP contribution in [-0.2, 0) is 20.9 Å². The number of carbonyl (C=O) groups excluding carboxylic acids is 1. The van der Waals surface area contributed by atoms with Crippen molar-refractivity contribution in [3.63, 3.8) is 0 Å². The third-order valence-electron chi connectivity index (χ3n) is 2.53. The molecule has 1 saturated heterocycles. The highest BCUT2D eigenvalue weighted by molar-refractivity contribution is 5.61. The normalized spacial score (nSPS) is 18.1. The van der Waals surface area contributed by atoms with Crippen molar-refractivity contribution >= 4 is 6.29 Å². The van der Waals surface area contributed by atoms with Crippen LogP contribution in [0.1, 0.15) is 5.56 Å². The molecule has 0 atom stereocenters. The summed E-state index contributed by atoms with van der Waals surface area (Å²) >= 11 is 0. The SMILES string of the molecule is O=CC1(COCc2ccccc2)COC1. The van der Waals surface area contributed by atoms with Crippen molar-refractivity contribution in [2.75, 3.05) is 19.8 Å². The predicted octanol–water partition coefficient (Wildman–Crippen LogP) is 1.42. The Hall–Kier alpha value is -1.19. The van der Waals surface area contributed by atoms with Gasteiger partial charge in [-0.1, -0.05) is 30.3 Å². The van der Waals surface area contributed by atoms with Crippen molar-refractivity contribution in [3.8, 4) is 0 Å². The average molecular weight is 206 g/mol. The minimum Gasteiger partial charge on any atom is -0.379 e.